The van der Waals surface area contributed by atoms with Gasteiger partial charge in [-0.1, -0.05) is 40.9 Å². The highest BCUT2D eigenvalue weighted by atomic mass is 16.6. The summed E-state index contributed by atoms with van der Waals surface area (Å²) in [5.41, 5.74) is 68.7. The number of esters is 8. The lowest BCUT2D eigenvalue weighted by molar-refractivity contribution is -0.151. The zero-order chi connectivity index (χ0) is 87.7. The van der Waals surface area contributed by atoms with Gasteiger partial charge < -0.3 is 99.5 Å². The average molecular weight is 1720 g/mol. The van der Waals surface area contributed by atoms with E-state index in [4.69, 9.17) is 144 Å². The third kappa shape index (κ3) is 76.4. The summed E-state index contributed by atoms with van der Waals surface area (Å²) in [5, 5.41) is 27.3. The molecule has 53 nitrogen and oxygen atoms in total. The SMILES string of the molecule is [N-]=[N+]=NCCCC(=O)OCCCOCC(COCC(COCC(COCC(COCC(COCC(COCCOC(=O)CCCN=[N+]=[N-])OCCOC(=O)CCCN=[N+]=[N-])OCCOC(=O)CCCN=[N+]=[N-])OCCOC(=O)CCCN=[N+]=[N-])OCCOC(=O)CCCN=[N+]=[N-])OCCOC(=O)CCCN=[N+]=[N-])OCCOC(=O)CCCN=[N+]=[N-]. The van der Waals surface area contributed by atoms with Crippen LogP contribution < -0.4 is 0 Å². The van der Waals surface area contributed by atoms with E-state index in [1.165, 1.54) is 0 Å². The number of rotatable bonds is 87. The maximum absolute atomic E-state index is 12.6. The Labute approximate surface area is 691 Å². The fourth-order valence-corrected chi connectivity index (χ4v) is 9.02. The van der Waals surface area contributed by atoms with Crippen molar-refractivity contribution in [3.05, 3.63) is 83.5 Å². The minimum atomic E-state index is -0.941. The van der Waals surface area contributed by atoms with Crippen LogP contribution in [0, 0.1) is 0 Å². The molecule has 0 aromatic carbocycles. The van der Waals surface area contributed by atoms with E-state index in [0.717, 1.165) is 0 Å². The number of nitrogens with zero attached hydrogens (tertiary/aromatic N) is 24. The molecule has 120 heavy (non-hydrogen) atoms. The van der Waals surface area contributed by atoms with Gasteiger partial charge in [-0.2, -0.15) is 0 Å². The van der Waals surface area contributed by atoms with Gasteiger partial charge in [0.1, 0.15) is 82.9 Å². The van der Waals surface area contributed by atoms with Gasteiger partial charge >= 0.3 is 47.8 Å². The molecule has 674 valence electrons. The molecule has 0 saturated carbocycles. The van der Waals surface area contributed by atoms with E-state index in [-0.39, 0.29) is 334 Å². The lowest BCUT2D eigenvalue weighted by atomic mass is 10.3. The van der Waals surface area contributed by atoms with Crippen LogP contribution in [0.3, 0.4) is 0 Å². The van der Waals surface area contributed by atoms with E-state index in [1.54, 1.807) is 0 Å². The second kappa shape index (κ2) is 85.1. The smallest absolute Gasteiger partial charge is 0.305 e. The summed E-state index contributed by atoms with van der Waals surface area (Å²) in [7, 11) is 0. The number of hydrogen-bond donors (Lipinski definition) is 0. The number of carbonyl (C=O) groups excluding carboxylic acids is 8. The van der Waals surface area contributed by atoms with Crippen LogP contribution in [0.25, 0.3) is 83.5 Å². The van der Waals surface area contributed by atoms with Gasteiger partial charge in [0.25, 0.3) is 0 Å². The summed E-state index contributed by atoms with van der Waals surface area (Å²) in [5.74, 6) is -4.50. The molecule has 6 atom stereocenters. The molecule has 0 N–H and O–H groups in total. The van der Waals surface area contributed by atoms with Crippen LogP contribution in [-0.4, -0.2) is 322 Å². The molecule has 0 aromatic heterocycles. The first-order chi connectivity index (χ1) is 58.7. The summed E-state index contributed by atoms with van der Waals surface area (Å²) in [6.45, 7) is -3.60. The van der Waals surface area contributed by atoms with Crippen molar-refractivity contribution in [2.75, 3.05) is 237 Å². The predicted molar refractivity (Wildman–Crippen MR) is 412 cm³/mol. The Kier molecular flexibility index (Phi) is 77.9. The topological polar surface area (TPSA) is 720 Å². The van der Waals surface area contributed by atoms with E-state index >= 15 is 0 Å². The summed E-state index contributed by atoms with van der Waals surface area (Å²) < 4.78 is 121. The molecule has 0 aliphatic carbocycles. The molecule has 0 saturated heterocycles. The van der Waals surface area contributed by atoms with Gasteiger partial charge in [-0.25, -0.2) is 0 Å². The van der Waals surface area contributed by atoms with Gasteiger partial charge in [0, 0.05) is 156 Å². The van der Waals surface area contributed by atoms with Gasteiger partial charge in [0.2, 0.25) is 0 Å². The first kappa shape index (κ1) is 110. The molecule has 0 radical (unpaired) electrons. The van der Waals surface area contributed by atoms with Crippen LogP contribution >= 0.6 is 0 Å². The third-order valence-corrected chi connectivity index (χ3v) is 14.6. The van der Waals surface area contributed by atoms with Crippen LogP contribution in [0.4, 0.5) is 0 Å². The highest BCUT2D eigenvalue weighted by Gasteiger charge is 2.23. The minimum absolute atomic E-state index is 0.00577. The fraction of sp³-hybridized carbons (Fsp3) is 0.881. The first-order valence-electron chi connectivity index (χ1n) is 38.7. The normalized spacial score (nSPS) is 12.1. The van der Waals surface area contributed by atoms with Crippen molar-refractivity contribution >= 4 is 47.8 Å². The van der Waals surface area contributed by atoms with Gasteiger partial charge in [-0.3, -0.25) is 38.4 Å². The maximum atomic E-state index is 12.6. The first-order valence-corrected chi connectivity index (χ1v) is 38.7. The Hall–Kier alpha value is -10.3. The lowest BCUT2D eigenvalue weighted by Crippen LogP contribution is -2.36. The average Bonchev–Trinajstić information content (AvgIpc) is 0.947. The zero-order valence-electron chi connectivity index (χ0n) is 67.5. The van der Waals surface area contributed by atoms with Crippen molar-refractivity contribution in [1.82, 2.24) is 0 Å². The molecule has 0 spiro atoms. The summed E-state index contributed by atoms with van der Waals surface area (Å²) >= 11 is 0. The molecule has 0 aromatic rings. The van der Waals surface area contributed by atoms with E-state index in [2.05, 4.69) is 80.2 Å². The quantitative estimate of drug-likeness (QED) is 0.0137. The highest BCUT2D eigenvalue weighted by molar-refractivity contribution is 5.71. The lowest BCUT2D eigenvalue weighted by Gasteiger charge is -2.24. The van der Waals surface area contributed by atoms with E-state index < -0.39 is 84.4 Å². The van der Waals surface area contributed by atoms with Crippen LogP contribution in [0.2, 0.25) is 0 Å². The second-order valence-electron chi connectivity index (χ2n) is 24.4. The van der Waals surface area contributed by atoms with Crippen molar-refractivity contribution in [2.24, 2.45) is 40.9 Å². The Morgan fingerprint density at radius 1 is 0.183 bits per heavy atom. The number of azide groups is 8. The van der Waals surface area contributed by atoms with E-state index in [0.29, 0.717) is 12.8 Å². The van der Waals surface area contributed by atoms with Gasteiger partial charge in [0.05, 0.1) is 132 Å². The standard InChI is InChI=1S/C67H112N24O29/c68-84-76-18-1-10-60(92)113-27-9-26-100-42-54(107-30-36-115-62(94)12-3-20-78-86-70)44-102-46-56(109-32-38-117-64(96)14-5-22-80-88-72)48-104-50-58(111-34-40-119-66(98)16-7-24-82-90-74)52-106-53-59(112-35-41-120-67(99)17-8-25-83-91-75)51-105-49-57(110-33-39-118-65(97)15-6-23-81-89-73)47-103-45-55(108-31-37-116-63(95)13-4-21-79-87-71)43-101-28-29-114-61(93)11-2-19-77-85-69/h54-59H,1-53H2. The fourth-order valence-electron chi connectivity index (χ4n) is 9.02. The zero-order valence-corrected chi connectivity index (χ0v) is 67.5. The van der Waals surface area contributed by atoms with E-state index in [1.807, 2.05) is 0 Å². The second-order valence-corrected chi connectivity index (χ2v) is 24.4. The molecule has 0 fully saturated rings. The van der Waals surface area contributed by atoms with Crippen molar-refractivity contribution in [1.29, 1.82) is 0 Å². The van der Waals surface area contributed by atoms with Gasteiger partial charge in [-0.05, 0) is 95.6 Å². The van der Waals surface area contributed by atoms with Crippen LogP contribution in [0.15, 0.2) is 40.9 Å². The van der Waals surface area contributed by atoms with Crippen LogP contribution in [-0.2, 0) is 138 Å². The van der Waals surface area contributed by atoms with Gasteiger partial charge in [-0.15, -0.1) is 0 Å². The molecular formula is C67H112N24O29. The molecule has 0 amide bonds. The molecular weight excluding hydrogens is 1600 g/mol. The largest absolute Gasteiger partial charge is 0.466 e. The van der Waals surface area contributed by atoms with Crippen LogP contribution in [0.1, 0.15) is 109 Å². The minimum Gasteiger partial charge on any atom is -0.466 e. The summed E-state index contributed by atoms with van der Waals surface area (Å²) in [6, 6.07) is 0. The molecule has 0 heterocycles. The van der Waals surface area contributed by atoms with E-state index in [9.17, 15) is 38.4 Å². The van der Waals surface area contributed by atoms with Crippen molar-refractivity contribution < 1.29 is 138 Å². The molecule has 0 bridgehead atoms. The molecule has 0 aliphatic heterocycles. The summed E-state index contributed by atoms with van der Waals surface area (Å²) in [6.07, 6.45) is -3.13. The van der Waals surface area contributed by atoms with Crippen LogP contribution in [0.5, 0.6) is 0 Å². The Balaban J connectivity index is 7.02. The van der Waals surface area contributed by atoms with Gasteiger partial charge in [0.15, 0.2) is 0 Å². The van der Waals surface area contributed by atoms with Crippen molar-refractivity contribution in [3.8, 4) is 0 Å². The van der Waals surface area contributed by atoms with Crippen molar-refractivity contribution in [2.45, 2.75) is 146 Å². The summed E-state index contributed by atoms with van der Waals surface area (Å²) in [4.78, 5) is 120. The highest BCUT2D eigenvalue weighted by Crippen LogP contribution is 2.11. The number of ether oxygens (including phenoxy) is 21. The molecule has 0 rings (SSSR count). The third-order valence-electron chi connectivity index (χ3n) is 14.6. The van der Waals surface area contributed by atoms with Crippen molar-refractivity contribution in [3.63, 3.8) is 0 Å². The Morgan fingerprint density at radius 3 is 0.508 bits per heavy atom. The number of carbonyl (C=O) groups is 8. The monoisotopic (exact) mass is 1720 g/mol. The molecule has 0 aliphatic rings. The molecule has 53 heteroatoms. The Bertz CT molecular complexity index is 3190. The number of hydrogen-bond acceptors (Lipinski definition) is 37. The Morgan fingerprint density at radius 2 is 0.333 bits per heavy atom. The predicted octanol–water partition coefficient (Wildman–Crippen LogP) is 8.87. The molecule has 6 unspecified atom stereocenters. The maximum Gasteiger partial charge on any atom is 0.305 e.